The van der Waals surface area contributed by atoms with Crippen molar-refractivity contribution >= 4 is 0 Å². The normalized spacial score (nSPS) is 42.7. The highest BCUT2D eigenvalue weighted by molar-refractivity contribution is 5.12. The monoisotopic (exact) mass is 231 g/mol. The second-order valence-electron chi connectivity index (χ2n) is 5.74. The van der Waals surface area contributed by atoms with Crippen LogP contribution in [0.3, 0.4) is 0 Å². The average Bonchev–Trinajstić information content (AvgIpc) is 2.34. The molecule has 4 bridgehead atoms. The molecule has 4 heterocycles. The SMILES string of the molecule is c1ncc(OC2C3CC4CC(C3)CN2C4)cn1. The molecule has 4 fully saturated rings. The van der Waals surface area contributed by atoms with Gasteiger partial charge in [-0.25, -0.2) is 9.97 Å². The van der Waals surface area contributed by atoms with Gasteiger partial charge in [0.25, 0.3) is 0 Å². The van der Waals surface area contributed by atoms with Gasteiger partial charge in [0.1, 0.15) is 6.33 Å². The molecular formula is C13H17N3O. The second-order valence-corrected chi connectivity index (χ2v) is 5.74. The van der Waals surface area contributed by atoms with Gasteiger partial charge in [0.05, 0.1) is 12.4 Å². The van der Waals surface area contributed by atoms with Crippen LogP contribution in [0.2, 0.25) is 0 Å². The lowest BCUT2D eigenvalue weighted by molar-refractivity contribution is -0.142. The van der Waals surface area contributed by atoms with Crippen LogP contribution in [0.5, 0.6) is 5.75 Å². The van der Waals surface area contributed by atoms with Gasteiger partial charge in [0.2, 0.25) is 0 Å². The molecule has 0 amide bonds. The number of aromatic nitrogens is 2. The van der Waals surface area contributed by atoms with E-state index >= 15 is 0 Å². The number of nitrogens with zero attached hydrogens (tertiary/aromatic N) is 3. The van der Waals surface area contributed by atoms with Crippen LogP contribution in [-0.4, -0.2) is 34.2 Å². The van der Waals surface area contributed by atoms with E-state index in [9.17, 15) is 0 Å². The molecule has 5 rings (SSSR count). The number of piperidine rings is 3. The molecule has 90 valence electrons. The molecule has 0 spiro atoms. The van der Waals surface area contributed by atoms with Crippen molar-refractivity contribution in [2.24, 2.45) is 17.8 Å². The fraction of sp³-hybridized carbons (Fsp3) is 0.692. The lowest BCUT2D eigenvalue weighted by Gasteiger charge is -2.55. The molecule has 1 aliphatic carbocycles. The molecule has 3 aliphatic heterocycles. The first kappa shape index (κ1) is 9.83. The molecule has 0 aromatic carbocycles. The third kappa shape index (κ3) is 1.62. The van der Waals surface area contributed by atoms with E-state index in [1.807, 2.05) is 0 Å². The minimum Gasteiger partial charge on any atom is -0.472 e. The predicted molar refractivity (Wildman–Crippen MR) is 62.3 cm³/mol. The Labute approximate surface area is 101 Å². The largest absolute Gasteiger partial charge is 0.472 e. The Hall–Kier alpha value is -1.16. The third-order valence-electron chi connectivity index (χ3n) is 4.48. The Morgan fingerprint density at radius 3 is 2.41 bits per heavy atom. The van der Waals surface area contributed by atoms with Crippen molar-refractivity contribution in [2.75, 3.05) is 13.1 Å². The Morgan fingerprint density at radius 2 is 1.76 bits per heavy atom. The van der Waals surface area contributed by atoms with Crippen molar-refractivity contribution in [2.45, 2.75) is 25.5 Å². The molecule has 1 saturated carbocycles. The Morgan fingerprint density at radius 1 is 1.06 bits per heavy atom. The van der Waals surface area contributed by atoms with E-state index in [2.05, 4.69) is 14.9 Å². The van der Waals surface area contributed by atoms with Gasteiger partial charge in [-0.1, -0.05) is 0 Å². The molecule has 4 heteroatoms. The van der Waals surface area contributed by atoms with Gasteiger partial charge in [-0.3, -0.25) is 4.90 Å². The zero-order chi connectivity index (χ0) is 11.2. The van der Waals surface area contributed by atoms with Gasteiger partial charge in [0, 0.05) is 19.0 Å². The maximum Gasteiger partial charge on any atom is 0.158 e. The summed E-state index contributed by atoms with van der Waals surface area (Å²) in [4.78, 5) is 10.6. The molecule has 3 unspecified atom stereocenters. The first-order valence-corrected chi connectivity index (χ1v) is 6.54. The highest BCUT2D eigenvalue weighted by Gasteiger charge is 2.48. The summed E-state index contributed by atoms with van der Waals surface area (Å²) < 4.78 is 6.09. The Bertz CT molecular complexity index is 380. The van der Waals surface area contributed by atoms with Crippen molar-refractivity contribution < 1.29 is 4.74 Å². The first-order valence-electron chi connectivity index (χ1n) is 6.54. The van der Waals surface area contributed by atoms with Gasteiger partial charge in [-0.2, -0.15) is 0 Å². The van der Waals surface area contributed by atoms with Crippen LogP contribution < -0.4 is 4.74 Å². The fourth-order valence-electron chi connectivity index (χ4n) is 4.05. The summed E-state index contributed by atoms with van der Waals surface area (Å²) in [5.74, 6) is 3.39. The second kappa shape index (κ2) is 3.67. The Kier molecular flexibility index (Phi) is 2.12. The van der Waals surface area contributed by atoms with E-state index < -0.39 is 0 Å². The first-order chi connectivity index (χ1) is 8.38. The lowest BCUT2D eigenvalue weighted by Crippen LogP contribution is -2.61. The zero-order valence-corrected chi connectivity index (χ0v) is 9.83. The van der Waals surface area contributed by atoms with E-state index in [-0.39, 0.29) is 6.23 Å². The molecule has 1 aromatic rings. The maximum absolute atomic E-state index is 6.09. The molecule has 4 aliphatic rings. The fourth-order valence-corrected chi connectivity index (χ4v) is 4.05. The summed E-state index contributed by atoms with van der Waals surface area (Å²) in [6.07, 6.45) is 9.50. The lowest BCUT2D eigenvalue weighted by atomic mass is 9.67. The highest BCUT2D eigenvalue weighted by atomic mass is 16.5. The van der Waals surface area contributed by atoms with E-state index in [0.717, 1.165) is 23.5 Å². The van der Waals surface area contributed by atoms with E-state index in [1.54, 1.807) is 18.7 Å². The molecular weight excluding hydrogens is 214 g/mol. The minimum atomic E-state index is 0.272. The summed E-state index contributed by atoms with van der Waals surface area (Å²) in [6.45, 7) is 2.46. The van der Waals surface area contributed by atoms with Gasteiger partial charge in [0.15, 0.2) is 12.0 Å². The van der Waals surface area contributed by atoms with Gasteiger partial charge in [-0.15, -0.1) is 0 Å². The third-order valence-corrected chi connectivity index (χ3v) is 4.48. The quantitative estimate of drug-likeness (QED) is 0.774. The number of hydrogen-bond donors (Lipinski definition) is 0. The summed E-state index contributed by atoms with van der Waals surface area (Å²) in [7, 11) is 0. The molecule has 3 atom stereocenters. The minimum absolute atomic E-state index is 0.272. The summed E-state index contributed by atoms with van der Waals surface area (Å²) >= 11 is 0. The molecule has 3 saturated heterocycles. The van der Waals surface area contributed by atoms with Crippen LogP contribution in [0.25, 0.3) is 0 Å². The van der Waals surface area contributed by atoms with Crippen molar-refractivity contribution in [1.29, 1.82) is 0 Å². The van der Waals surface area contributed by atoms with Gasteiger partial charge < -0.3 is 4.74 Å². The van der Waals surface area contributed by atoms with Crippen LogP contribution in [0, 0.1) is 17.8 Å². The predicted octanol–water partition coefficient (Wildman–Crippen LogP) is 1.54. The van der Waals surface area contributed by atoms with Gasteiger partial charge >= 0.3 is 0 Å². The van der Waals surface area contributed by atoms with E-state index in [4.69, 9.17) is 4.74 Å². The smallest absolute Gasteiger partial charge is 0.158 e. The standard InChI is InChI=1S/C13H17N3O/c1-9-2-11-3-10(1)7-16(6-9)13(11)17-12-4-14-8-15-5-12/h4-5,8-11,13H,1-3,6-7H2. The topological polar surface area (TPSA) is 38.2 Å². The molecule has 17 heavy (non-hydrogen) atoms. The maximum atomic E-state index is 6.09. The number of hydrogen-bond acceptors (Lipinski definition) is 4. The van der Waals surface area contributed by atoms with Crippen molar-refractivity contribution in [3.8, 4) is 5.75 Å². The Balaban J connectivity index is 1.55. The molecule has 1 aromatic heterocycles. The van der Waals surface area contributed by atoms with Crippen molar-refractivity contribution in [3.63, 3.8) is 0 Å². The van der Waals surface area contributed by atoms with Gasteiger partial charge in [-0.05, 0) is 31.1 Å². The summed E-state index contributed by atoms with van der Waals surface area (Å²) in [5.41, 5.74) is 0. The zero-order valence-electron chi connectivity index (χ0n) is 9.83. The molecule has 0 radical (unpaired) electrons. The van der Waals surface area contributed by atoms with Crippen LogP contribution in [-0.2, 0) is 0 Å². The van der Waals surface area contributed by atoms with Crippen LogP contribution in [0.1, 0.15) is 19.3 Å². The van der Waals surface area contributed by atoms with Crippen LogP contribution in [0.4, 0.5) is 0 Å². The van der Waals surface area contributed by atoms with E-state index in [1.165, 1.54) is 32.4 Å². The van der Waals surface area contributed by atoms with Crippen molar-refractivity contribution in [3.05, 3.63) is 18.7 Å². The highest BCUT2D eigenvalue weighted by Crippen LogP contribution is 2.46. The van der Waals surface area contributed by atoms with E-state index in [0.29, 0.717) is 0 Å². The summed E-state index contributed by atoms with van der Waals surface area (Å²) in [6, 6.07) is 0. The van der Waals surface area contributed by atoms with Crippen molar-refractivity contribution in [1.82, 2.24) is 14.9 Å². The van der Waals surface area contributed by atoms with Crippen LogP contribution >= 0.6 is 0 Å². The number of ether oxygens (including phenoxy) is 1. The molecule has 4 nitrogen and oxygen atoms in total. The summed E-state index contributed by atoms with van der Waals surface area (Å²) in [5, 5.41) is 0. The number of rotatable bonds is 2. The molecule has 0 N–H and O–H groups in total. The average molecular weight is 231 g/mol. The van der Waals surface area contributed by atoms with Crippen LogP contribution in [0.15, 0.2) is 18.7 Å².